The number of carboxylic acid groups (broad SMARTS) is 1. The lowest BCUT2D eigenvalue weighted by Crippen LogP contribution is -2.57. The Morgan fingerprint density at radius 1 is 1.23 bits per heavy atom. The quantitative estimate of drug-likeness (QED) is 0.402. The molecule has 2 aliphatic heterocycles. The normalized spacial score (nSPS) is 20.9. The maximum absolute atomic E-state index is 10.6. The van der Waals surface area contributed by atoms with E-state index in [0.717, 1.165) is 43.9 Å². The third kappa shape index (κ3) is 8.03. The van der Waals surface area contributed by atoms with Crippen molar-refractivity contribution in [2.24, 2.45) is 0 Å². The minimum absolute atomic E-state index is 0.0870. The highest BCUT2D eigenvalue weighted by molar-refractivity contribution is 6.30. The molecule has 0 radical (unpaired) electrons. The molecule has 2 atom stereocenters. The van der Waals surface area contributed by atoms with Crippen LogP contribution in [0.4, 0.5) is 25.1 Å². The van der Waals surface area contributed by atoms with E-state index in [4.69, 9.17) is 32.0 Å². The summed E-state index contributed by atoms with van der Waals surface area (Å²) in [6.45, 7) is 4.08. The Labute approximate surface area is 226 Å². The van der Waals surface area contributed by atoms with Gasteiger partial charge >= 0.3 is 12.1 Å². The minimum Gasteiger partial charge on any atom is -0.475 e. The number of morpholine rings is 1. The Bertz CT molecular complexity index is 1190. The number of nitrogens with one attached hydrogen (secondary N) is 1. The van der Waals surface area contributed by atoms with Gasteiger partial charge < -0.3 is 20.5 Å². The van der Waals surface area contributed by atoms with Crippen LogP contribution in [-0.2, 0) is 22.5 Å². The van der Waals surface area contributed by atoms with Crippen LogP contribution in [0.5, 0.6) is 0 Å². The molecule has 2 fully saturated rings. The number of nitrogen functional groups attached to an aromatic ring is 1. The standard InChI is InChI=1S/C21H28ClN9O.C2HF3O2/c22-16-3-1-15(2-4-16)9-18-12-32-19(10-30-14-24-13-25-30)11-31(18)17-5-7-29(8-6-17)21-26-20(23)27-28-21;3-2(4,5)1(6)7/h1-4,13-14,17-19H,5-12H2,(H3,23,26,27,28);(H,6,7)/t18-,19-;/m0./s1. The van der Waals surface area contributed by atoms with Crippen molar-refractivity contribution in [2.45, 2.75) is 50.2 Å². The summed E-state index contributed by atoms with van der Waals surface area (Å²) in [5.41, 5.74) is 6.98. The molecule has 0 unspecified atom stereocenters. The van der Waals surface area contributed by atoms with Crippen LogP contribution in [-0.4, -0.2) is 96.5 Å². The molecule has 212 valence electrons. The number of anilines is 2. The molecule has 4 heterocycles. The number of nitrogens with two attached hydrogens (primary N) is 1. The van der Waals surface area contributed by atoms with Gasteiger partial charge in [0.15, 0.2) is 0 Å². The summed E-state index contributed by atoms with van der Waals surface area (Å²) in [5.74, 6) is -1.72. The van der Waals surface area contributed by atoms with Crippen molar-refractivity contribution in [3.63, 3.8) is 0 Å². The summed E-state index contributed by atoms with van der Waals surface area (Å²) >= 11 is 6.08. The van der Waals surface area contributed by atoms with Crippen molar-refractivity contribution < 1.29 is 27.8 Å². The van der Waals surface area contributed by atoms with E-state index < -0.39 is 12.1 Å². The predicted molar refractivity (Wildman–Crippen MR) is 135 cm³/mol. The van der Waals surface area contributed by atoms with Gasteiger partial charge in [0.25, 0.3) is 0 Å². The number of carbonyl (C=O) groups is 1. The fraction of sp³-hybridized carbons (Fsp3) is 0.522. The molecule has 4 N–H and O–H groups in total. The van der Waals surface area contributed by atoms with Gasteiger partial charge in [0, 0.05) is 36.7 Å². The number of ether oxygens (including phenoxy) is 1. The molecule has 2 saturated heterocycles. The van der Waals surface area contributed by atoms with E-state index in [-0.39, 0.29) is 6.10 Å². The lowest BCUT2D eigenvalue weighted by Gasteiger charge is -2.46. The highest BCUT2D eigenvalue weighted by Gasteiger charge is 2.38. The number of halogens is 4. The molecular weight excluding hydrogens is 543 g/mol. The van der Waals surface area contributed by atoms with Gasteiger partial charge in [0.05, 0.1) is 19.3 Å². The number of nitrogens with zero attached hydrogens (tertiary/aromatic N) is 7. The van der Waals surface area contributed by atoms with E-state index in [2.05, 4.69) is 47.2 Å². The Kier molecular flexibility index (Phi) is 9.24. The second-order valence-electron chi connectivity index (χ2n) is 9.30. The Balaban J connectivity index is 0.000000448. The fourth-order valence-electron chi connectivity index (χ4n) is 4.75. The minimum atomic E-state index is -5.08. The van der Waals surface area contributed by atoms with Crippen molar-refractivity contribution in [3.05, 3.63) is 47.5 Å². The zero-order chi connectivity index (χ0) is 28.0. The van der Waals surface area contributed by atoms with E-state index in [0.29, 0.717) is 37.1 Å². The third-order valence-electron chi connectivity index (χ3n) is 6.60. The largest absolute Gasteiger partial charge is 0.490 e. The summed E-state index contributed by atoms with van der Waals surface area (Å²) in [6, 6.07) is 8.93. The predicted octanol–water partition coefficient (Wildman–Crippen LogP) is 2.25. The molecule has 0 saturated carbocycles. The molecule has 2 aliphatic rings. The van der Waals surface area contributed by atoms with Gasteiger partial charge in [-0.05, 0) is 37.0 Å². The number of piperidine rings is 1. The number of aromatic amines is 1. The van der Waals surface area contributed by atoms with Gasteiger partial charge in [-0.1, -0.05) is 23.7 Å². The maximum Gasteiger partial charge on any atom is 0.490 e. The number of H-pyrrole nitrogens is 1. The van der Waals surface area contributed by atoms with Crippen molar-refractivity contribution >= 4 is 29.5 Å². The lowest BCUT2D eigenvalue weighted by molar-refractivity contribution is -0.192. The summed E-state index contributed by atoms with van der Waals surface area (Å²) < 4.78 is 39.9. The van der Waals surface area contributed by atoms with Crippen LogP contribution in [0.1, 0.15) is 18.4 Å². The van der Waals surface area contributed by atoms with Crippen molar-refractivity contribution in [1.82, 2.24) is 34.8 Å². The smallest absolute Gasteiger partial charge is 0.475 e. The number of hydrogen-bond donors (Lipinski definition) is 3. The van der Waals surface area contributed by atoms with Crippen LogP contribution in [0.3, 0.4) is 0 Å². The second kappa shape index (κ2) is 12.6. The van der Waals surface area contributed by atoms with Crippen molar-refractivity contribution in [2.75, 3.05) is 36.9 Å². The van der Waals surface area contributed by atoms with Crippen LogP contribution in [0.2, 0.25) is 5.02 Å². The van der Waals surface area contributed by atoms with E-state index >= 15 is 0 Å². The molecule has 2 aromatic heterocycles. The topological polar surface area (TPSA) is 151 Å². The maximum atomic E-state index is 10.6. The number of alkyl halides is 3. The first-order chi connectivity index (χ1) is 18.6. The summed E-state index contributed by atoms with van der Waals surface area (Å²) in [4.78, 5) is 22.1. The van der Waals surface area contributed by atoms with Gasteiger partial charge in [-0.25, -0.2) is 14.9 Å². The number of benzene rings is 1. The highest BCUT2D eigenvalue weighted by atomic mass is 35.5. The summed E-state index contributed by atoms with van der Waals surface area (Å²) in [7, 11) is 0. The fourth-order valence-corrected chi connectivity index (χ4v) is 4.87. The van der Waals surface area contributed by atoms with Crippen LogP contribution in [0, 0.1) is 0 Å². The highest BCUT2D eigenvalue weighted by Crippen LogP contribution is 2.27. The van der Waals surface area contributed by atoms with E-state index in [9.17, 15) is 13.2 Å². The van der Waals surface area contributed by atoms with Crippen LogP contribution in [0.15, 0.2) is 36.9 Å². The van der Waals surface area contributed by atoms with E-state index in [1.807, 2.05) is 16.8 Å². The summed E-state index contributed by atoms with van der Waals surface area (Å²) in [6.07, 6.45) is 1.34. The monoisotopic (exact) mass is 571 g/mol. The molecule has 0 bridgehead atoms. The molecule has 39 heavy (non-hydrogen) atoms. The van der Waals surface area contributed by atoms with Crippen LogP contribution < -0.4 is 10.6 Å². The lowest BCUT2D eigenvalue weighted by atomic mass is 9.96. The van der Waals surface area contributed by atoms with Crippen molar-refractivity contribution in [1.29, 1.82) is 0 Å². The van der Waals surface area contributed by atoms with Gasteiger partial charge in [0.1, 0.15) is 12.7 Å². The van der Waals surface area contributed by atoms with Gasteiger partial charge in [-0.15, -0.1) is 5.10 Å². The Morgan fingerprint density at radius 3 is 2.49 bits per heavy atom. The van der Waals surface area contributed by atoms with Gasteiger partial charge in [0.2, 0.25) is 11.9 Å². The first-order valence-electron chi connectivity index (χ1n) is 12.3. The number of carboxylic acids is 1. The molecule has 0 spiro atoms. The first-order valence-corrected chi connectivity index (χ1v) is 12.6. The number of aliphatic carboxylic acids is 1. The number of rotatable bonds is 6. The zero-order valence-corrected chi connectivity index (χ0v) is 21.6. The molecule has 3 aromatic rings. The second-order valence-corrected chi connectivity index (χ2v) is 9.73. The molecular formula is C23H29ClF3N9O3. The number of hydrogen-bond acceptors (Lipinski definition) is 9. The molecule has 16 heteroatoms. The first kappa shape index (κ1) is 28.6. The van der Waals surface area contributed by atoms with Crippen LogP contribution >= 0.6 is 11.6 Å². The van der Waals surface area contributed by atoms with E-state index in [1.54, 1.807) is 12.7 Å². The molecule has 12 nitrogen and oxygen atoms in total. The molecule has 1 aromatic carbocycles. The average Bonchev–Trinajstić information content (AvgIpc) is 3.58. The zero-order valence-electron chi connectivity index (χ0n) is 20.8. The average molecular weight is 572 g/mol. The Hall–Kier alpha value is -3.43. The van der Waals surface area contributed by atoms with Gasteiger partial charge in [-0.3, -0.25) is 9.58 Å². The summed E-state index contributed by atoms with van der Waals surface area (Å²) in [5, 5.41) is 19.1. The SMILES string of the molecule is Nc1nc(N2CCC(N3C[C@H](Cn4cncn4)OC[C@@H]3Cc3ccc(Cl)cc3)CC2)n[nH]1.O=C(O)C(F)(F)F. The van der Waals surface area contributed by atoms with Crippen molar-refractivity contribution in [3.8, 4) is 0 Å². The van der Waals surface area contributed by atoms with Gasteiger partial charge in [-0.2, -0.15) is 23.3 Å². The third-order valence-corrected chi connectivity index (χ3v) is 6.85. The number of aromatic nitrogens is 6. The van der Waals surface area contributed by atoms with E-state index in [1.165, 1.54) is 5.56 Å². The molecule has 5 rings (SSSR count). The molecule has 0 amide bonds. The Morgan fingerprint density at radius 2 is 1.92 bits per heavy atom. The molecule has 0 aliphatic carbocycles. The van der Waals surface area contributed by atoms with Crippen LogP contribution in [0.25, 0.3) is 0 Å².